The Kier molecular flexibility index (Phi) is 3.73. The molecule has 5 rings (SSSR count). The molecule has 1 aliphatic carbocycles. The average Bonchev–Trinajstić information content (AvgIpc) is 3.05. The summed E-state index contributed by atoms with van der Waals surface area (Å²) in [5.41, 5.74) is 8.12. The van der Waals surface area contributed by atoms with E-state index in [9.17, 15) is 5.02 Å². The smallest absolute Gasteiger partial charge is 0.304 e. The third-order valence-electron chi connectivity index (χ3n) is 5.71. The molecule has 0 aliphatic heterocycles. The summed E-state index contributed by atoms with van der Waals surface area (Å²) in [6.45, 7) is 0. The fraction of sp³-hybridized carbons (Fsp3) is 0.0400. The zero-order valence-corrected chi connectivity index (χ0v) is 15.0. The molecule has 0 radical (unpaired) electrons. The zero-order chi connectivity index (χ0) is 18.3. The Morgan fingerprint density at radius 3 is 1.74 bits per heavy atom. The highest BCUT2D eigenvalue weighted by Gasteiger charge is 2.45. The van der Waals surface area contributed by atoms with E-state index in [0.717, 1.165) is 5.46 Å². The van der Waals surface area contributed by atoms with Crippen molar-refractivity contribution in [2.45, 2.75) is 5.41 Å². The predicted octanol–water partition coefficient (Wildman–Crippen LogP) is 4.02. The van der Waals surface area contributed by atoms with Crippen LogP contribution in [0.5, 0.6) is 0 Å². The molecule has 0 fully saturated rings. The summed E-state index contributed by atoms with van der Waals surface area (Å²) in [6, 6.07) is 36.5. The summed E-state index contributed by atoms with van der Waals surface area (Å²) in [6.07, 6.45) is 0. The SMILES string of the molecule is OBc1ccc2c(c1)C(c1ccccc1)(c1ccccc1)c1ccccc1-2. The Labute approximate surface area is 160 Å². The summed E-state index contributed by atoms with van der Waals surface area (Å²) < 4.78 is 0. The van der Waals surface area contributed by atoms with E-state index in [0.29, 0.717) is 0 Å². The molecule has 1 nitrogen and oxygen atoms in total. The maximum absolute atomic E-state index is 9.80. The largest absolute Gasteiger partial charge is 0.449 e. The van der Waals surface area contributed by atoms with Gasteiger partial charge >= 0.3 is 7.48 Å². The minimum atomic E-state index is -0.375. The van der Waals surface area contributed by atoms with E-state index in [-0.39, 0.29) is 12.9 Å². The van der Waals surface area contributed by atoms with Crippen LogP contribution in [0, 0.1) is 0 Å². The Balaban J connectivity index is 1.97. The lowest BCUT2D eigenvalue weighted by Gasteiger charge is -2.34. The molecule has 1 N–H and O–H groups in total. The first kappa shape index (κ1) is 16.1. The monoisotopic (exact) mass is 346 g/mol. The van der Waals surface area contributed by atoms with Gasteiger partial charge < -0.3 is 5.02 Å². The van der Waals surface area contributed by atoms with E-state index in [1.165, 1.54) is 33.4 Å². The summed E-state index contributed by atoms with van der Waals surface area (Å²) in [7, 11) is 0.0449. The highest BCUT2D eigenvalue weighted by molar-refractivity contribution is 6.45. The van der Waals surface area contributed by atoms with E-state index in [1.54, 1.807) is 0 Å². The van der Waals surface area contributed by atoms with Gasteiger partial charge in [-0.15, -0.1) is 0 Å². The van der Waals surface area contributed by atoms with Crippen LogP contribution in [0.15, 0.2) is 103 Å². The molecule has 4 aromatic rings. The molecule has 0 saturated heterocycles. The topological polar surface area (TPSA) is 20.2 Å². The summed E-state index contributed by atoms with van der Waals surface area (Å²) in [5, 5.41) is 9.80. The van der Waals surface area contributed by atoms with Crippen molar-refractivity contribution in [1.82, 2.24) is 0 Å². The van der Waals surface area contributed by atoms with Crippen LogP contribution in [0.2, 0.25) is 0 Å². The van der Waals surface area contributed by atoms with Gasteiger partial charge in [0.15, 0.2) is 0 Å². The van der Waals surface area contributed by atoms with Gasteiger partial charge in [0.2, 0.25) is 0 Å². The molecular formula is C25H19BO. The van der Waals surface area contributed by atoms with Crippen molar-refractivity contribution in [2.75, 3.05) is 0 Å². The lowest BCUT2D eigenvalue weighted by Crippen LogP contribution is -2.30. The quantitative estimate of drug-likeness (QED) is 0.489. The number of hydrogen-bond donors (Lipinski definition) is 1. The van der Waals surface area contributed by atoms with E-state index in [4.69, 9.17) is 0 Å². The van der Waals surface area contributed by atoms with Crippen LogP contribution >= 0.6 is 0 Å². The van der Waals surface area contributed by atoms with Crippen molar-refractivity contribution >= 4 is 12.9 Å². The summed E-state index contributed by atoms with van der Waals surface area (Å²) in [4.78, 5) is 0. The Hall–Kier alpha value is -3.10. The lowest BCUT2D eigenvalue weighted by molar-refractivity contribution is 0.615. The number of benzene rings is 4. The Morgan fingerprint density at radius 2 is 1.11 bits per heavy atom. The van der Waals surface area contributed by atoms with E-state index >= 15 is 0 Å². The van der Waals surface area contributed by atoms with Crippen LogP contribution in [-0.4, -0.2) is 12.5 Å². The minimum Gasteiger partial charge on any atom is -0.449 e. The lowest BCUT2D eigenvalue weighted by atomic mass is 9.67. The Morgan fingerprint density at radius 1 is 0.556 bits per heavy atom. The molecule has 2 heteroatoms. The van der Waals surface area contributed by atoms with Gasteiger partial charge in [-0.2, -0.15) is 0 Å². The second-order valence-corrected chi connectivity index (χ2v) is 7.07. The van der Waals surface area contributed by atoms with Gasteiger partial charge in [0.05, 0.1) is 5.41 Å². The van der Waals surface area contributed by atoms with Crippen molar-refractivity contribution in [3.05, 3.63) is 125 Å². The molecule has 0 aromatic heterocycles. The van der Waals surface area contributed by atoms with Gasteiger partial charge in [0, 0.05) is 0 Å². The van der Waals surface area contributed by atoms with Gasteiger partial charge in [-0.1, -0.05) is 109 Å². The van der Waals surface area contributed by atoms with Gasteiger partial charge in [0.25, 0.3) is 0 Å². The van der Waals surface area contributed by atoms with Crippen LogP contribution in [0.4, 0.5) is 0 Å². The first-order chi connectivity index (χ1) is 13.4. The highest BCUT2D eigenvalue weighted by atomic mass is 16.2. The molecule has 0 spiro atoms. The number of hydrogen-bond acceptors (Lipinski definition) is 1. The highest BCUT2D eigenvalue weighted by Crippen LogP contribution is 2.55. The number of rotatable bonds is 3. The molecule has 27 heavy (non-hydrogen) atoms. The first-order valence-corrected chi connectivity index (χ1v) is 9.31. The Bertz CT molecular complexity index is 1060. The molecule has 0 amide bonds. The molecule has 0 bridgehead atoms. The zero-order valence-electron chi connectivity index (χ0n) is 15.0. The van der Waals surface area contributed by atoms with Gasteiger partial charge in [0.1, 0.15) is 0 Å². The molecule has 0 atom stereocenters. The second-order valence-electron chi connectivity index (χ2n) is 7.07. The molecular weight excluding hydrogens is 327 g/mol. The van der Waals surface area contributed by atoms with Crippen molar-refractivity contribution in [1.29, 1.82) is 0 Å². The fourth-order valence-corrected chi connectivity index (χ4v) is 4.59. The van der Waals surface area contributed by atoms with E-state index in [1.807, 2.05) is 6.07 Å². The summed E-state index contributed by atoms with van der Waals surface area (Å²) in [5.74, 6) is 0. The van der Waals surface area contributed by atoms with Crippen molar-refractivity contribution in [3.8, 4) is 11.1 Å². The van der Waals surface area contributed by atoms with E-state index < -0.39 is 0 Å². The maximum Gasteiger partial charge on any atom is 0.304 e. The minimum absolute atomic E-state index is 0.0449. The second kappa shape index (κ2) is 6.26. The molecule has 0 heterocycles. The standard InChI is InChI=1S/C25H19BO/c27-26-20-15-16-22-21-13-7-8-14-23(21)25(24(22)17-20,18-9-3-1-4-10-18)19-11-5-2-6-12-19/h1-17,26-27H. The molecule has 0 unspecified atom stereocenters. The normalized spacial score (nSPS) is 13.7. The molecule has 0 saturated carbocycles. The fourth-order valence-electron chi connectivity index (χ4n) is 4.59. The third-order valence-corrected chi connectivity index (χ3v) is 5.71. The molecule has 128 valence electrons. The van der Waals surface area contributed by atoms with Crippen LogP contribution in [0.25, 0.3) is 11.1 Å². The third kappa shape index (κ3) is 2.24. The van der Waals surface area contributed by atoms with Crippen molar-refractivity contribution < 1.29 is 5.02 Å². The van der Waals surface area contributed by atoms with E-state index in [2.05, 4.69) is 97.1 Å². The van der Waals surface area contributed by atoms with Crippen molar-refractivity contribution in [3.63, 3.8) is 0 Å². The number of fused-ring (bicyclic) bond motifs is 3. The summed E-state index contributed by atoms with van der Waals surface area (Å²) >= 11 is 0. The van der Waals surface area contributed by atoms with Gasteiger partial charge in [-0.3, -0.25) is 0 Å². The molecule has 4 aromatic carbocycles. The van der Waals surface area contributed by atoms with Gasteiger partial charge in [-0.25, -0.2) is 0 Å². The van der Waals surface area contributed by atoms with Gasteiger partial charge in [-0.05, 0) is 33.4 Å². The van der Waals surface area contributed by atoms with Crippen LogP contribution < -0.4 is 5.46 Å². The van der Waals surface area contributed by atoms with Crippen LogP contribution in [0.1, 0.15) is 22.3 Å². The van der Waals surface area contributed by atoms with Crippen LogP contribution in [-0.2, 0) is 5.41 Å². The average molecular weight is 346 g/mol. The first-order valence-electron chi connectivity index (χ1n) is 9.31. The maximum atomic E-state index is 9.80. The molecule has 1 aliphatic rings. The predicted molar refractivity (Wildman–Crippen MR) is 113 cm³/mol. The van der Waals surface area contributed by atoms with Crippen molar-refractivity contribution in [2.24, 2.45) is 0 Å². The van der Waals surface area contributed by atoms with Crippen LogP contribution in [0.3, 0.4) is 0 Å².